The summed E-state index contributed by atoms with van der Waals surface area (Å²) in [7, 11) is 0. The first-order valence-electron chi connectivity index (χ1n) is 8.17. The Balaban J connectivity index is 2.04. The summed E-state index contributed by atoms with van der Waals surface area (Å²) in [6.07, 6.45) is 10.4. The molecule has 2 rings (SSSR count). The fourth-order valence-corrected chi connectivity index (χ4v) is 2.76. The molecule has 1 fully saturated rings. The van der Waals surface area contributed by atoms with Crippen molar-refractivity contribution >= 4 is 17.5 Å². The monoisotopic (exact) mass is 300 g/mol. The minimum absolute atomic E-state index is 0.219. The number of rotatable bonds is 2. The Bertz CT molecular complexity index is 535. The maximum Gasteiger partial charge on any atom is 0.276 e. The molecule has 1 aromatic carbocycles. The van der Waals surface area contributed by atoms with Crippen molar-refractivity contribution in [1.29, 1.82) is 0 Å². The highest BCUT2D eigenvalue weighted by Crippen LogP contribution is 2.16. The van der Waals surface area contributed by atoms with Crippen molar-refractivity contribution in [2.45, 2.75) is 57.8 Å². The zero-order valence-electron chi connectivity index (χ0n) is 13.0. The molecule has 1 aliphatic carbocycles. The van der Waals surface area contributed by atoms with Crippen LogP contribution in [-0.4, -0.2) is 17.5 Å². The van der Waals surface area contributed by atoms with Crippen molar-refractivity contribution in [2.75, 3.05) is 0 Å². The van der Waals surface area contributed by atoms with Crippen LogP contribution >= 0.6 is 0 Å². The fraction of sp³-hybridized carbons (Fsp3) is 0.500. The topological polar surface area (TPSA) is 72.5 Å². The lowest BCUT2D eigenvalue weighted by molar-refractivity contribution is 0.0989. The number of carbonyl (C=O) groups is 2. The lowest BCUT2D eigenvalue weighted by atomic mass is 9.99. The second-order valence-electron chi connectivity index (χ2n) is 5.90. The minimum Gasteiger partial charge on any atom is -0.366 e. The number of aliphatic imine (C=N–C) groups is 1. The van der Waals surface area contributed by atoms with Crippen LogP contribution in [0.2, 0.25) is 0 Å². The Morgan fingerprint density at radius 1 is 0.773 bits per heavy atom. The zero-order valence-corrected chi connectivity index (χ0v) is 13.0. The van der Waals surface area contributed by atoms with Gasteiger partial charge in [-0.15, -0.1) is 0 Å². The molecular formula is C18H24N2O2. The molecule has 22 heavy (non-hydrogen) atoms. The van der Waals surface area contributed by atoms with E-state index in [1.165, 1.54) is 32.1 Å². The van der Waals surface area contributed by atoms with Crippen molar-refractivity contribution in [3.05, 3.63) is 35.4 Å². The zero-order chi connectivity index (χ0) is 15.8. The Morgan fingerprint density at radius 2 is 1.23 bits per heavy atom. The summed E-state index contributed by atoms with van der Waals surface area (Å²) in [4.78, 5) is 27.6. The van der Waals surface area contributed by atoms with Gasteiger partial charge < -0.3 is 5.73 Å². The average molecular weight is 300 g/mol. The number of hydrogen-bond acceptors (Lipinski definition) is 2. The molecule has 4 nitrogen and oxygen atoms in total. The van der Waals surface area contributed by atoms with Crippen LogP contribution in [0.25, 0.3) is 0 Å². The van der Waals surface area contributed by atoms with Gasteiger partial charge in [0, 0.05) is 16.8 Å². The number of hydrogen-bond donors (Lipinski definition) is 1. The fourth-order valence-electron chi connectivity index (χ4n) is 2.76. The number of benzene rings is 1. The van der Waals surface area contributed by atoms with Crippen LogP contribution in [0.4, 0.5) is 0 Å². The first-order chi connectivity index (χ1) is 10.7. The molecule has 4 heteroatoms. The van der Waals surface area contributed by atoms with Gasteiger partial charge >= 0.3 is 0 Å². The van der Waals surface area contributed by atoms with Crippen molar-refractivity contribution in [3.63, 3.8) is 0 Å². The maximum atomic E-state index is 12.2. The van der Waals surface area contributed by atoms with E-state index in [4.69, 9.17) is 5.73 Å². The van der Waals surface area contributed by atoms with E-state index in [2.05, 4.69) is 4.99 Å². The van der Waals surface area contributed by atoms with Gasteiger partial charge in [-0.05, 0) is 49.9 Å². The number of nitrogens with zero attached hydrogens (tertiary/aromatic N) is 1. The van der Waals surface area contributed by atoms with E-state index >= 15 is 0 Å². The van der Waals surface area contributed by atoms with E-state index in [0.29, 0.717) is 11.1 Å². The van der Waals surface area contributed by atoms with Crippen molar-refractivity contribution in [3.8, 4) is 0 Å². The molecule has 0 saturated heterocycles. The van der Waals surface area contributed by atoms with Crippen LogP contribution < -0.4 is 5.73 Å². The summed E-state index contributed by atoms with van der Waals surface area (Å²) in [6, 6.07) is 6.38. The Hall–Kier alpha value is -1.97. The van der Waals surface area contributed by atoms with Gasteiger partial charge in [-0.1, -0.05) is 32.1 Å². The highest BCUT2D eigenvalue weighted by molar-refractivity contribution is 6.04. The third kappa shape index (κ3) is 5.10. The molecule has 0 spiro atoms. The molecule has 2 N–H and O–H groups in total. The number of nitrogens with two attached hydrogens (primary N) is 1. The van der Waals surface area contributed by atoms with Crippen molar-refractivity contribution in [1.82, 2.24) is 0 Å². The van der Waals surface area contributed by atoms with Crippen LogP contribution in [0, 0.1) is 0 Å². The van der Waals surface area contributed by atoms with E-state index in [-0.39, 0.29) is 5.91 Å². The van der Waals surface area contributed by atoms with Crippen molar-refractivity contribution in [2.24, 2.45) is 10.7 Å². The van der Waals surface area contributed by atoms with Gasteiger partial charge in [-0.25, -0.2) is 4.99 Å². The van der Waals surface area contributed by atoms with Gasteiger partial charge in [0.1, 0.15) is 0 Å². The highest BCUT2D eigenvalue weighted by atomic mass is 16.1. The molecule has 0 aliphatic heterocycles. The standard InChI is InChI=1S/C18H24N2O2/c19-17(21)14-10-12-15(13-11-14)18(22)20-16-8-6-4-2-1-3-5-7-9-16/h10-13H,1-9H2,(H2,19,21). The second-order valence-corrected chi connectivity index (χ2v) is 5.90. The van der Waals surface area contributed by atoms with Gasteiger partial charge in [0.2, 0.25) is 5.91 Å². The van der Waals surface area contributed by atoms with Crippen molar-refractivity contribution < 1.29 is 9.59 Å². The van der Waals surface area contributed by atoms with Gasteiger partial charge in [0.25, 0.3) is 5.91 Å². The predicted octanol–water partition coefficient (Wildman–Crippen LogP) is 3.89. The number of amides is 2. The molecular weight excluding hydrogens is 276 g/mol. The van der Waals surface area contributed by atoms with E-state index in [1.807, 2.05) is 0 Å². The lowest BCUT2D eigenvalue weighted by Crippen LogP contribution is -2.11. The highest BCUT2D eigenvalue weighted by Gasteiger charge is 2.09. The molecule has 0 atom stereocenters. The summed E-state index contributed by atoms with van der Waals surface area (Å²) in [6.45, 7) is 0. The van der Waals surface area contributed by atoms with Crippen LogP contribution in [0.3, 0.4) is 0 Å². The van der Waals surface area contributed by atoms with Gasteiger partial charge in [0.05, 0.1) is 0 Å². The average Bonchev–Trinajstić information content (AvgIpc) is 2.53. The van der Waals surface area contributed by atoms with Crippen LogP contribution in [0.15, 0.2) is 29.3 Å². The molecule has 0 radical (unpaired) electrons. The SMILES string of the molecule is NC(=O)c1ccc(C(=O)N=C2CCCCCCCCC2)cc1. The quantitative estimate of drug-likeness (QED) is 0.899. The third-order valence-electron chi connectivity index (χ3n) is 4.11. The van der Waals surface area contributed by atoms with Crippen LogP contribution in [-0.2, 0) is 0 Å². The van der Waals surface area contributed by atoms with E-state index < -0.39 is 5.91 Å². The Morgan fingerprint density at radius 3 is 1.73 bits per heavy atom. The maximum absolute atomic E-state index is 12.2. The predicted molar refractivity (Wildman–Crippen MR) is 88.3 cm³/mol. The number of carbonyl (C=O) groups excluding carboxylic acids is 2. The van der Waals surface area contributed by atoms with E-state index in [0.717, 1.165) is 31.4 Å². The Labute approximate surface area is 131 Å². The van der Waals surface area contributed by atoms with Gasteiger partial charge in [0.15, 0.2) is 0 Å². The summed E-state index contributed by atoms with van der Waals surface area (Å²) < 4.78 is 0. The first-order valence-corrected chi connectivity index (χ1v) is 8.17. The normalized spacial score (nSPS) is 16.8. The summed E-state index contributed by atoms with van der Waals surface area (Å²) in [5, 5.41) is 0. The molecule has 1 saturated carbocycles. The summed E-state index contributed by atoms with van der Waals surface area (Å²) in [5.41, 5.74) is 7.13. The molecule has 0 unspecified atom stereocenters. The van der Waals surface area contributed by atoms with Gasteiger partial charge in [-0.3, -0.25) is 9.59 Å². The van der Waals surface area contributed by atoms with Crippen LogP contribution in [0.5, 0.6) is 0 Å². The summed E-state index contributed by atoms with van der Waals surface area (Å²) in [5.74, 6) is -0.708. The van der Waals surface area contributed by atoms with Gasteiger partial charge in [-0.2, -0.15) is 0 Å². The van der Waals surface area contributed by atoms with E-state index in [1.54, 1.807) is 24.3 Å². The summed E-state index contributed by atoms with van der Waals surface area (Å²) >= 11 is 0. The lowest BCUT2D eigenvalue weighted by Gasteiger charge is -2.09. The molecule has 1 aromatic rings. The minimum atomic E-state index is -0.488. The molecule has 2 amide bonds. The largest absolute Gasteiger partial charge is 0.366 e. The van der Waals surface area contributed by atoms with E-state index in [9.17, 15) is 9.59 Å². The molecule has 118 valence electrons. The Kier molecular flexibility index (Phi) is 6.31. The van der Waals surface area contributed by atoms with Crippen LogP contribution in [0.1, 0.15) is 78.5 Å². The molecule has 1 aliphatic rings. The molecule has 0 bridgehead atoms. The smallest absolute Gasteiger partial charge is 0.276 e. The second kappa shape index (κ2) is 8.47. The first kappa shape index (κ1) is 16.4. The number of primary amides is 1. The molecule has 0 aromatic heterocycles. The third-order valence-corrected chi connectivity index (χ3v) is 4.11. The molecule has 0 heterocycles.